The lowest BCUT2D eigenvalue weighted by molar-refractivity contribution is 0.0114. The largest absolute Gasteiger partial charge is 0.444 e. The van der Waals surface area contributed by atoms with E-state index in [-0.39, 0.29) is 12.1 Å². The molecule has 1 atom stereocenters. The van der Waals surface area contributed by atoms with Crippen LogP contribution in [0.4, 0.5) is 10.6 Å². The average molecular weight is 305 g/mol. The number of piperidine rings is 1. The van der Waals surface area contributed by atoms with Crippen molar-refractivity contribution in [2.24, 2.45) is 0 Å². The minimum Gasteiger partial charge on any atom is -0.444 e. The van der Waals surface area contributed by atoms with Crippen molar-refractivity contribution >= 4 is 11.9 Å². The second-order valence-corrected chi connectivity index (χ2v) is 6.87. The van der Waals surface area contributed by atoms with Crippen LogP contribution in [0.5, 0.6) is 0 Å². The van der Waals surface area contributed by atoms with E-state index in [1.54, 1.807) is 0 Å². The minimum absolute atomic E-state index is 0.158. The Morgan fingerprint density at radius 2 is 2.18 bits per heavy atom. The lowest BCUT2D eigenvalue weighted by atomic mass is 10.0. The van der Waals surface area contributed by atoms with Gasteiger partial charge in [-0.1, -0.05) is 6.07 Å². The number of aryl methyl sites for hydroxylation is 1. The number of hydrogen-bond donors (Lipinski definition) is 1. The van der Waals surface area contributed by atoms with Crippen LogP contribution in [0, 0.1) is 6.92 Å². The van der Waals surface area contributed by atoms with E-state index in [9.17, 15) is 4.79 Å². The summed E-state index contributed by atoms with van der Waals surface area (Å²) in [4.78, 5) is 18.6. The highest BCUT2D eigenvalue weighted by molar-refractivity contribution is 5.68. The topological polar surface area (TPSA) is 54.5 Å². The third-order valence-corrected chi connectivity index (χ3v) is 3.66. The Bertz CT molecular complexity index is 511. The molecule has 5 nitrogen and oxygen atoms in total. The van der Waals surface area contributed by atoms with Crippen LogP contribution in [-0.2, 0) is 4.74 Å². The molecule has 122 valence electrons. The Morgan fingerprint density at radius 3 is 2.86 bits per heavy atom. The van der Waals surface area contributed by atoms with E-state index in [0.29, 0.717) is 6.54 Å². The molecule has 0 saturated carbocycles. The zero-order chi connectivity index (χ0) is 16.2. The van der Waals surface area contributed by atoms with E-state index in [1.165, 1.54) is 0 Å². The van der Waals surface area contributed by atoms with Gasteiger partial charge in [0.25, 0.3) is 0 Å². The molecule has 0 aliphatic carbocycles. The molecule has 1 N–H and O–H groups in total. The highest BCUT2D eigenvalue weighted by Gasteiger charge is 2.30. The van der Waals surface area contributed by atoms with Crippen LogP contribution in [0.15, 0.2) is 18.2 Å². The number of nitrogens with zero attached hydrogens (tertiary/aromatic N) is 2. The molecule has 1 aromatic heterocycles. The maximum absolute atomic E-state index is 12.3. The molecule has 0 bridgehead atoms. The number of carbonyl (C=O) groups excluding carboxylic acids is 1. The molecule has 1 aliphatic rings. The summed E-state index contributed by atoms with van der Waals surface area (Å²) >= 11 is 0. The minimum atomic E-state index is -0.454. The highest BCUT2D eigenvalue weighted by atomic mass is 16.6. The number of anilines is 1. The lowest BCUT2D eigenvalue weighted by Crippen LogP contribution is -2.48. The zero-order valence-electron chi connectivity index (χ0n) is 14.1. The van der Waals surface area contributed by atoms with E-state index in [4.69, 9.17) is 4.74 Å². The van der Waals surface area contributed by atoms with Gasteiger partial charge < -0.3 is 15.0 Å². The molecule has 0 spiro atoms. The fraction of sp³-hybridized carbons (Fsp3) is 0.647. The smallest absolute Gasteiger partial charge is 0.410 e. The summed E-state index contributed by atoms with van der Waals surface area (Å²) in [7, 11) is 0. The quantitative estimate of drug-likeness (QED) is 0.927. The molecule has 1 saturated heterocycles. The fourth-order valence-electron chi connectivity index (χ4n) is 2.64. The van der Waals surface area contributed by atoms with Crippen molar-refractivity contribution in [3.8, 4) is 0 Å². The first kappa shape index (κ1) is 16.6. The van der Waals surface area contributed by atoms with Gasteiger partial charge >= 0.3 is 6.09 Å². The predicted octanol–water partition coefficient (Wildman–Crippen LogP) is 3.59. The molecule has 1 unspecified atom stereocenters. The lowest BCUT2D eigenvalue weighted by Gasteiger charge is -2.36. The molecule has 1 aromatic rings. The van der Waals surface area contributed by atoms with Crippen molar-refractivity contribution in [2.45, 2.75) is 58.6 Å². The molecule has 1 fully saturated rings. The number of rotatable bonds is 3. The van der Waals surface area contributed by atoms with Crippen LogP contribution in [0.25, 0.3) is 0 Å². The van der Waals surface area contributed by atoms with Gasteiger partial charge in [0.15, 0.2) is 0 Å². The summed E-state index contributed by atoms with van der Waals surface area (Å²) in [6.07, 6.45) is 2.97. The molecular formula is C17H27N3O2. The van der Waals surface area contributed by atoms with E-state index in [1.807, 2.05) is 50.8 Å². The monoisotopic (exact) mass is 305 g/mol. The third kappa shape index (κ3) is 4.90. The normalized spacial score (nSPS) is 18.9. The fourth-order valence-corrected chi connectivity index (χ4v) is 2.64. The van der Waals surface area contributed by atoms with Crippen molar-refractivity contribution in [1.29, 1.82) is 0 Å². The third-order valence-electron chi connectivity index (χ3n) is 3.66. The van der Waals surface area contributed by atoms with Crippen molar-refractivity contribution < 1.29 is 9.53 Å². The standard InChI is InChI=1S/C17H27N3O2/c1-13-8-7-10-15(19-13)18-12-14-9-5-6-11-20(14)16(21)22-17(2,3)4/h7-8,10,14H,5-6,9,11-12H2,1-4H3,(H,18,19). The Morgan fingerprint density at radius 1 is 1.41 bits per heavy atom. The Hall–Kier alpha value is -1.78. The van der Waals surface area contributed by atoms with Gasteiger partial charge in [0.2, 0.25) is 0 Å². The van der Waals surface area contributed by atoms with Gasteiger partial charge in [-0.25, -0.2) is 9.78 Å². The van der Waals surface area contributed by atoms with Crippen molar-refractivity contribution in [2.75, 3.05) is 18.4 Å². The summed E-state index contributed by atoms with van der Waals surface area (Å²) in [6, 6.07) is 6.06. The van der Waals surface area contributed by atoms with Gasteiger partial charge in [-0.3, -0.25) is 0 Å². The van der Waals surface area contributed by atoms with Crippen LogP contribution in [0.3, 0.4) is 0 Å². The second kappa shape index (κ2) is 6.99. The SMILES string of the molecule is Cc1cccc(NCC2CCCCN2C(=O)OC(C)(C)C)n1. The zero-order valence-corrected chi connectivity index (χ0v) is 14.1. The van der Waals surface area contributed by atoms with Gasteiger partial charge in [0.1, 0.15) is 11.4 Å². The maximum atomic E-state index is 12.3. The van der Waals surface area contributed by atoms with Crippen molar-refractivity contribution in [3.63, 3.8) is 0 Å². The molecular weight excluding hydrogens is 278 g/mol. The van der Waals surface area contributed by atoms with E-state index in [2.05, 4.69) is 10.3 Å². The van der Waals surface area contributed by atoms with Gasteiger partial charge in [-0.05, 0) is 59.1 Å². The first-order valence-corrected chi connectivity index (χ1v) is 8.02. The molecule has 2 heterocycles. The van der Waals surface area contributed by atoms with Gasteiger partial charge in [0.05, 0.1) is 6.04 Å². The number of hydrogen-bond acceptors (Lipinski definition) is 4. The van der Waals surface area contributed by atoms with Crippen molar-refractivity contribution in [3.05, 3.63) is 23.9 Å². The number of pyridine rings is 1. The van der Waals surface area contributed by atoms with Crippen molar-refractivity contribution in [1.82, 2.24) is 9.88 Å². The molecule has 2 rings (SSSR count). The highest BCUT2D eigenvalue weighted by Crippen LogP contribution is 2.21. The van der Waals surface area contributed by atoms with Gasteiger partial charge in [-0.15, -0.1) is 0 Å². The first-order valence-electron chi connectivity index (χ1n) is 8.02. The van der Waals surface area contributed by atoms with Crippen LogP contribution < -0.4 is 5.32 Å². The predicted molar refractivity (Wildman–Crippen MR) is 88.0 cm³/mol. The number of aromatic nitrogens is 1. The van der Waals surface area contributed by atoms with E-state index < -0.39 is 5.60 Å². The second-order valence-electron chi connectivity index (χ2n) is 6.87. The van der Waals surface area contributed by atoms with Crippen LogP contribution in [-0.4, -0.2) is 40.7 Å². The van der Waals surface area contributed by atoms with E-state index >= 15 is 0 Å². The number of ether oxygens (including phenoxy) is 1. The molecule has 5 heteroatoms. The summed E-state index contributed by atoms with van der Waals surface area (Å²) in [5.74, 6) is 0.856. The summed E-state index contributed by atoms with van der Waals surface area (Å²) in [5.41, 5.74) is 0.530. The Balaban J connectivity index is 1.96. The Labute approximate surface area is 133 Å². The molecule has 22 heavy (non-hydrogen) atoms. The molecule has 0 aromatic carbocycles. The molecule has 1 aliphatic heterocycles. The average Bonchev–Trinajstić information content (AvgIpc) is 2.44. The molecule has 1 amide bonds. The van der Waals surface area contributed by atoms with E-state index in [0.717, 1.165) is 37.3 Å². The first-order chi connectivity index (χ1) is 10.3. The summed E-state index contributed by atoms with van der Waals surface area (Å²) in [6.45, 7) is 9.15. The number of amides is 1. The van der Waals surface area contributed by atoms with Crippen LogP contribution in [0.2, 0.25) is 0 Å². The summed E-state index contributed by atoms with van der Waals surface area (Å²) < 4.78 is 5.52. The van der Waals surface area contributed by atoms with Gasteiger partial charge in [-0.2, -0.15) is 0 Å². The maximum Gasteiger partial charge on any atom is 0.410 e. The van der Waals surface area contributed by atoms with Gasteiger partial charge in [0, 0.05) is 18.8 Å². The summed E-state index contributed by atoms with van der Waals surface area (Å²) in [5, 5.41) is 3.34. The number of likely N-dealkylation sites (tertiary alicyclic amines) is 1. The van der Waals surface area contributed by atoms with Crippen LogP contribution in [0.1, 0.15) is 45.7 Å². The number of nitrogens with one attached hydrogen (secondary N) is 1. The number of carbonyl (C=O) groups is 1. The van der Waals surface area contributed by atoms with Crippen LogP contribution >= 0.6 is 0 Å². The Kier molecular flexibility index (Phi) is 5.27. The molecule has 0 radical (unpaired) electrons.